The van der Waals surface area contributed by atoms with E-state index in [4.69, 9.17) is 0 Å². The van der Waals surface area contributed by atoms with E-state index in [1.54, 1.807) is 0 Å². The second-order valence-corrected chi connectivity index (χ2v) is 5.23. The topological polar surface area (TPSA) is 46.1 Å². The van der Waals surface area contributed by atoms with Gasteiger partial charge in [0.1, 0.15) is 5.69 Å². The van der Waals surface area contributed by atoms with Gasteiger partial charge in [0.05, 0.1) is 0 Å². The summed E-state index contributed by atoms with van der Waals surface area (Å²) in [4.78, 5) is 12.1. The SMILES string of the molecule is CC(C)n1cccc1C(=O)NCC[C@@H]1CCCN1. The molecular weight excluding hydrogens is 226 g/mol. The molecule has 4 nitrogen and oxygen atoms in total. The van der Waals surface area contributed by atoms with Gasteiger partial charge in [0.15, 0.2) is 0 Å². The summed E-state index contributed by atoms with van der Waals surface area (Å²) < 4.78 is 2.00. The molecule has 0 spiro atoms. The second-order valence-electron chi connectivity index (χ2n) is 5.23. The van der Waals surface area contributed by atoms with Gasteiger partial charge >= 0.3 is 0 Å². The van der Waals surface area contributed by atoms with Crippen molar-refractivity contribution in [1.82, 2.24) is 15.2 Å². The van der Waals surface area contributed by atoms with Crippen molar-refractivity contribution in [3.8, 4) is 0 Å². The molecule has 0 aromatic carbocycles. The summed E-state index contributed by atoms with van der Waals surface area (Å²) >= 11 is 0. The van der Waals surface area contributed by atoms with Crippen LogP contribution in [0.4, 0.5) is 0 Å². The molecule has 18 heavy (non-hydrogen) atoms. The van der Waals surface area contributed by atoms with Crippen molar-refractivity contribution in [2.75, 3.05) is 13.1 Å². The van der Waals surface area contributed by atoms with Gasteiger partial charge in [-0.15, -0.1) is 0 Å². The van der Waals surface area contributed by atoms with Gasteiger partial charge in [-0.2, -0.15) is 0 Å². The molecule has 2 N–H and O–H groups in total. The number of hydrogen-bond donors (Lipinski definition) is 2. The third kappa shape index (κ3) is 3.13. The molecule has 0 aliphatic carbocycles. The Hall–Kier alpha value is -1.29. The normalized spacial score (nSPS) is 19.4. The predicted octanol–water partition coefficient (Wildman–Crippen LogP) is 1.94. The predicted molar refractivity (Wildman–Crippen MR) is 72.8 cm³/mol. The first-order valence-corrected chi connectivity index (χ1v) is 6.87. The van der Waals surface area contributed by atoms with Crippen LogP contribution in [0.3, 0.4) is 0 Å². The molecule has 1 aromatic heterocycles. The van der Waals surface area contributed by atoms with Crippen molar-refractivity contribution < 1.29 is 4.79 Å². The largest absolute Gasteiger partial charge is 0.351 e. The van der Waals surface area contributed by atoms with Gasteiger partial charge < -0.3 is 15.2 Å². The number of carbonyl (C=O) groups excluding carboxylic acids is 1. The third-order valence-electron chi connectivity index (χ3n) is 3.51. The maximum Gasteiger partial charge on any atom is 0.267 e. The van der Waals surface area contributed by atoms with Crippen LogP contribution in [0.5, 0.6) is 0 Å². The summed E-state index contributed by atoms with van der Waals surface area (Å²) in [7, 11) is 0. The zero-order valence-corrected chi connectivity index (χ0v) is 11.3. The smallest absolute Gasteiger partial charge is 0.267 e. The molecule has 1 aliphatic heterocycles. The van der Waals surface area contributed by atoms with Crippen molar-refractivity contribution in [3.63, 3.8) is 0 Å². The van der Waals surface area contributed by atoms with Gasteiger partial charge in [0.25, 0.3) is 5.91 Å². The zero-order chi connectivity index (χ0) is 13.0. The molecule has 4 heteroatoms. The van der Waals surface area contributed by atoms with Crippen LogP contribution < -0.4 is 10.6 Å². The zero-order valence-electron chi connectivity index (χ0n) is 11.3. The Morgan fingerprint density at radius 2 is 2.44 bits per heavy atom. The van der Waals surface area contributed by atoms with E-state index in [1.807, 2.05) is 22.9 Å². The van der Waals surface area contributed by atoms with E-state index in [2.05, 4.69) is 24.5 Å². The highest BCUT2D eigenvalue weighted by Gasteiger charge is 2.15. The highest BCUT2D eigenvalue weighted by atomic mass is 16.1. The molecule has 1 fully saturated rings. The van der Waals surface area contributed by atoms with E-state index in [9.17, 15) is 4.79 Å². The molecule has 1 saturated heterocycles. The van der Waals surface area contributed by atoms with Crippen LogP contribution in [0.1, 0.15) is 49.6 Å². The van der Waals surface area contributed by atoms with Crippen LogP contribution in [-0.4, -0.2) is 29.6 Å². The van der Waals surface area contributed by atoms with E-state index >= 15 is 0 Å². The average molecular weight is 249 g/mol. The van der Waals surface area contributed by atoms with E-state index in [0.29, 0.717) is 12.1 Å². The Bertz CT molecular complexity index is 391. The van der Waals surface area contributed by atoms with Crippen LogP contribution in [0.25, 0.3) is 0 Å². The molecule has 1 atom stereocenters. The lowest BCUT2D eigenvalue weighted by Gasteiger charge is -2.14. The maximum atomic E-state index is 12.1. The fraction of sp³-hybridized carbons (Fsp3) is 0.643. The number of carbonyl (C=O) groups is 1. The van der Waals surface area contributed by atoms with Crippen molar-refractivity contribution in [1.29, 1.82) is 0 Å². The summed E-state index contributed by atoms with van der Waals surface area (Å²) in [6.07, 6.45) is 5.47. The van der Waals surface area contributed by atoms with E-state index in [0.717, 1.165) is 25.2 Å². The summed E-state index contributed by atoms with van der Waals surface area (Å²) in [5.74, 6) is 0.0340. The molecular formula is C14H23N3O. The van der Waals surface area contributed by atoms with Crippen LogP contribution in [0.2, 0.25) is 0 Å². The minimum atomic E-state index is 0.0340. The molecule has 0 saturated carbocycles. The number of rotatable bonds is 5. The molecule has 0 radical (unpaired) electrons. The Kier molecular flexibility index (Phi) is 4.42. The van der Waals surface area contributed by atoms with Crippen molar-refractivity contribution >= 4 is 5.91 Å². The van der Waals surface area contributed by atoms with Gasteiger partial charge in [-0.3, -0.25) is 4.79 Å². The monoisotopic (exact) mass is 249 g/mol. The van der Waals surface area contributed by atoms with E-state index in [-0.39, 0.29) is 5.91 Å². The summed E-state index contributed by atoms with van der Waals surface area (Å²) in [5.41, 5.74) is 0.754. The van der Waals surface area contributed by atoms with Crippen LogP contribution in [0.15, 0.2) is 18.3 Å². The third-order valence-corrected chi connectivity index (χ3v) is 3.51. The highest BCUT2D eigenvalue weighted by Crippen LogP contribution is 2.11. The number of amides is 1. The number of nitrogens with zero attached hydrogens (tertiary/aromatic N) is 1. The lowest BCUT2D eigenvalue weighted by Crippen LogP contribution is -2.31. The Balaban J connectivity index is 1.81. The maximum absolute atomic E-state index is 12.1. The fourth-order valence-electron chi connectivity index (χ4n) is 2.49. The van der Waals surface area contributed by atoms with Gasteiger partial charge in [-0.1, -0.05) is 0 Å². The van der Waals surface area contributed by atoms with Crippen molar-refractivity contribution in [3.05, 3.63) is 24.0 Å². The molecule has 1 aromatic rings. The lowest BCUT2D eigenvalue weighted by atomic mass is 10.1. The Morgan fingerprint density at radius 1 is 1.61 bits per heavy atom. The number of aromatic nitrogens is 1. The second kappa shape index (κ2) is 6.05. The van der Waals surface area contributed by atoms with E-state index in [1.165, 1.54) is 12.8 Å². The molecule has 100 valence electrons. The summed E-state index contributed by atoms with van der Waals surface area (Å²) in [5, 5.41) is 6.45. The quantitative estimate of drug-likeness (QED) is 0.837. The summed E-state index contributed by atoms with van der Waals surface area (Å²) in [6, 6.07) is 4.70. The van der Waals surface area contributed by atoms with Gasteiger partial charge in [0, 0.05) is 24.8 Å². The van der Waals surface area contributed by atoms with Gasteiger partial charge in [-0.05, 0) is 51.8 Å². The number of nitrogens with one attached hydrogen (secondary N) is 2. The van der Waals surface area contributed by atoms with Gasteiger partial charge in [0.2, 0.25) is 0 Å². The minimum Gasteiger partial charge on any atom is -0.351 e. The fourth-order valence-corrected chi connectivity index (χ4v) is 2.49. The molecule has 2 rings (SSSR count). The van der Waals surface area contributed by atoms with Crippen LogP contribution in [-0.2, 0) is 0 Å². The molecule has 0 bridgehead atoms. The first-order chi connectivity index (χ1) is 8.68. The lowest BCUT2D eigenvalue weighted by molar-refractivity contribution is 0.0941. The first-order valence-electron chi connectivity index (χ1n) is 6.87. The van der Waals surface area contributed by atoms with Crippen molar-refractivity contribution in [2.24, 2.45) is 0 Å². The highest BCUT2D eigenvalue weighted by molar-refractivity contribution is 5.92. The molecule has 2 heterocycles. The first kappa shape index (κ1) is 13.1. The van der Waals surface area contributed by atoms with Crippen LogP contribution in [0, 0.1) is 0 Å². The minimum absolute atomic E-state index is 0.0340. The molecule has 0 unspecified atom stereocenters. The standard InChI is InChI=1S/C14H23N3O/c1-11(2)17-10-4-6-13(17)14(18)16-9-7-12-5-3-8-15-12/h4,6,10-12,15H,3,5,7-9H2,1-2H3,(H,16,18)/t12-/m0/s1. The van der Waals surface area contributed by atoms with Crippen molar-refractivity contribution in [2.45, 2.75) is 45.2 Å². The molecule has 1 aliphatic rings. The van der Waals surface area contributed by atoms with Gasteiger partial charge in [-0.25, -0.2) is 0 Å². The van der Waals surface area contributed by atoms with E-state index < -0.39 is 0 Å². The Labute approximate surface area is 109 Å². The molecule has 1 amide bonds. The van der Waals surface area contributed by atoms with Crippen LogP contribution >= 0.6 is 0 Å². The Morgan fingerprint density at radius 3 is 3.11 bits per heavy atom. The average Bonchev–Trinajstić information content (AvgIpc) is 2.99. The summed E-state index contributed by atoms with van der Waals surface area (Å²) in [6.45, 7) is 6.03. The number of hydrogen-bond acceptors (Lipinski definition) is 2.